The Morgan fingerprint density at radius 3 is 1.33 bits per heavy atom. The van der Waals surface area contributed by atoms with E-state index in [1.807, 2.05) is 11.8 Å². The van der Waals surface area contributed by atoms with Crippen LogP contribution in [0.1, 0.15) is 0 Å². The van der Waals surface area contributed by atoms with Gasteiger partial charge in [0.25, 0.3) is 0 Å². The van der Waals surface area contributed by atoms with Crippen LogP contribution in [0.15, 0.2) is 0 Å². The Labute approximate surface area is 62.2 Å². The summed E-state index contributed by atoms with van der Waals surface area (Å²) in [5.41, 5.74) is 0.505. The summed E-state index contributed by atoms with van der Waals surface area (Å²) in [6.07, 6.45) is 2.12. The molecule has 0 aliphatic carbocycles. The van der Waals surface area contributed by atoms with E-state index in [1.54, 1.807) is 0 Å². The zero-order chi connectivity index (χ0) is 7.44. The lowest BCUT2D eigenvalue weighted by molar-refractivity contribution is 0.212. The summed E-state index contributed by atoms with van der Waals surface area (Å²) in [5, 5.41) is 0. The molecule has 0 heterocycles. The number of rotatable bonds is 3. The van der Waals surface area contributed by atoms with E-state index in [1.165, 1.54) is 0 Å². The third-order valence-corrected chi connectivity index (χ3v) is 2.36. The smallest absolute Gasteiger partial charge is 0.109 e. The standard InChI is InChI=1S/C6H16N2S/c1-7(2)6(9-5)8(3)4/h6H,1-5H3. The van der Waals surface area contributed by atoms with Crippen molar-refractivity contribution in [3.05, 3.63) is 0 Å². The second kappa shape index (κ2) is 4.14. The van der Waals surface area contributed by atoms with Crippen molar-refractivity contribution in [3.8, 4) is 0 Å². The van der Waals surface area contributed by atoms with Gasteiger partial charge in [0.2, 0.25) is 0 Å². The Hall–Kier alpha value is 0.270. The van der Waals surface area contributed by atoms with Gasteiger partial charge in [0.15, 0.2) is 0 Å². The van der Waals surface area contributed by atoms with Gasteiger partial charge in [0, 0.05) is 0 Å². The molecule has 0 saturated heterocycles. The predicted molar refractivity (Wildman–Crippen MR) is 44.7 cm³/mol. The monoisotopic (exact) mass is 148 g/mol. The number of nitrogens with zero attached hydrogens (tertiary/aromatic N) is 2. The van der Waals surface area contributed by atoms with Gasteiger partial charge in [-0.15, -0.1) is 11.8 Å². The van der Waals surface area contributed by atoms with E-state index in [-0.39, 0.29) is 0 Å². The van der Waals surface area contributed by atoms with E-state index in [9.17, 15) is 0 Å². The second-order valence-electron chi connectivity index (χ2n) is 2.49. The topological polar surface area (TPSA) is 6.48 Å². The van der Waals surface area contributed by atoms with Crippen LogP contribution in [0.25, 0.3) is 0 Å². The van der Waals surface area contributed by atoms with Crippen LogP contribution in [0.4, 0.5) is 0 Å². The fraction of sp³-hybridized carbons (Fsp3) is 1.00. The van der Waals surface area contributed by atoms with Gasteiger partial charge in [0.05, 0.1) is 0 Å². The molecule has 2 nitrogen and oxygen atoms in total. The fourth-order valence-corrected chi connectivity index (χ4v) is 1.73. The van der Waals surface area contributed by atoms with Crippen LogP contribution in [0.2, 0.25) is 0 Å². The van der Waals surface area contributed by atoms with Crippen molar-refractivity contribution in [2.45, 2.75) is 5.50 Å². The van der Waals surface area contributed by atoms with Gasteiger partial charge >= 0.3 is 0 Å². The van der Waals surface area contributed by atoms with E-state index >= 15 is 0 Å². The molecule has 0 N–H and O–H groups in total. The Morgan fingerprint density at radius 2 is 1.33 bits per heavy atom. The van der Waals surface area contributed by atoms with Crippen molar-refractivity contribution in [1.29, 1.82) is 0 Å². The van der Waals surface area contributed by atoms with Gasteiger partial charge in [-0.1, -0.05) is 0 Å². The molecule has 56 valence electrons. The first-order chi connectivity index (χ1) is 4.09. The van der Waals surface area contributed by atoms with E-state index in [0.29, 0.717) is 5.50 Å². The molecule has 0 spiro atoms. The summed E-state index contributed by atoms with van der Waals surface area (Å²) < 4.78 is 0. The van der Waals surface area contributed by atoms with E-state index in [2.05, 4.69) is 44.2 Å². The molecule has 0 atom stereocenters. The zero-order valence-electron chi connectivity index (χ0n) is 6.88. The van der Waals surface area contributed by atoms with Crippen LogP contribution in [-0.2, 0) is 0 Å². The molecule has 0 aliphatic rings. The van der Waals surface area contributed by atoms with Gasteiger partial charge in [-0.3, -0.25) is 9.80 Å². The second-order valence-corrected chi connectivity index (χ2v) is 3.38. The quantitative estimate of drug-likeness (QED) is 0.546. The summed E-state index contributed by atoms with van der Waals surface area (Å²) in [6, 6.07) is 0. The summed E-state index contributed by atoms with van der Waals surface area (Å²) in [6.45, 7) is 0. The zero-order valence-corrected chi connectivity index (χ0v) is 7.70. The van der Waals surface area contributed by atoms with Crippen molar-refractivity contribution in [3.63, 3.8) is 0 Å². The average Bonchev–Trinajstić information content (AvgIpc) is 1.64. The van der Waals surface area contributed by atoms with Gasteiger partial charge in [-0.2, -0.15) is 0 Å². The Balaban J connectivity index is 3.68. The molecule has 3 heteroatoms. The molecule has 0 rings (SSSR count). The van der Waals surface area contributed by atoms with Crippen molar-refractivity contribution in [2.75, 3.05) is 34.4 Å². The van der Waals surface area contributed by atoms with Crippen LogP contribution in [0.5, 0.6) is 0 Å². The van der Waals surface area contributed by atoms with Gasteiger partial charge in [-0.05, 0) is 34.4 Å². The van der Waals surface area contributed by atoms with Crippen molar-refractivity contribution in [2.24, 2.45) is 0 Å². The molecule has 0 fully saturated rings. The molecular formula is C6H16N2S. The van der Waals surface area contributed by atoms with Gasteiger partial charge in [0.1, 0.15) is 5.50 Å². The number of thioether (sulfide) groups is 1. The molecule has 0 aromatic heterocycles. The summed E-state index contributed by atoms with van der Waals surface area (Å²) in [4.78, 5) is 4.37. The van der Waals surface area contributed by atoms with Crippen molar-refractivity contribution >= 4 is 11.8 Å². The third-order valence-electron chi connectivity index (χ3n) is 1.09. The van der Waals surface area contributed by atoms with Crippen LogP contribution in [0.3, 0.4) is 0 Å². The fourth-order valence-electron chi connectivity index (χ4n) is 0.884. The highest BCUT2D eigenvalue weighted by molar-refractivity contribution is 7.99. The molecule has 0 unspecified atom stereocenters. The first-order valence-electron chi connectivity index (χ1n) is 2.95. The molecule has 0 aromatic rings. The Morgan fingerprint density at radius 1 is 1.00 bits per heavy atom. The average molecular weight is 148 g/mol. The highest BCUT2D eigenvalue weighted by atomic mass is 32.2. The first-order valence-corrected chi connectivity index (χ1v) is 4.24. The molecule has 0 aliphatic heterocycles. The Kier molecular flexibility index (Phi) is 4.27. The van der Waals surface area contributed by atoms with Gasteiger partial charge < -0.3 is 0 Å². The largest absolute Gasteiger partial charge is 0.286 e. The number of hydrogen-bond acceptors (Lipinski definition) is 3. The van der Waals surface area contributed by atoms with E-state index in [0.717, 1.165) is 0 Å². The Bertz CT molecular complexity index is 65.5. The minimum atomic E-state index is 0.505. The maximum atomic E-state index is 2.19. The first kappa shape index (κ1) is 9.27. The highest BCUT2D eigenvalue weighted by Crippen LogP contribution is 2.09. The van der Waals surface area contributed by atoms with Crippen LogP contribution in [-0.4, -0.2) is 49.7 Å². The van der Waals surface area contributed by atoms with Crippen LogP contribution in [0, 0.1) is 0 Å². The maximum absolute atomic E-state index is 2.19. The highest BCUT2D eigenvalue weighted by Gasteiger charge is 2.09. The summed E-state index contributed by atoms with van der Waals surface area (Å²) >= 11 is 1.84. The molecule has 0 radical (unpaired) electrons. The van der Waals surface area contributed by atoms with Gasteiger partial charge in [-0.25, -0.2) is 0 Å². The van der Waals surface area contributed by atoms with E-state index in [4.69, 9.17) is 0 Å². The minimum Gasteiger partial charge on any atom is -0.286 e. The maximum Gasteiger partial charge on any atom is 0.109 e. The lowest BCUT2D eigenvalue weighted by Crippen LogP contribution is -2.37. The lowest BCUT2D eigenvalue weighted by atomic mass is 10.8. The molecule has 9 heavy (non-hydrogen) atoms. The predicted octanol–water partition coefficient (Wildman–Crippen LogP) is 0.756. The minimum absolute atomic E-state index is 0.505. The van der Waals surface area contributed by atoms with Crippen molar-refractivity contribution < 1.29 is 0 Å². The van der Waals surface area contributed by atoms with Crippen molar-refractivity contribution in [1.82, 2.24) is 9.80 Å². The normalized spacial score (nSPS) is 12.0. The van der Waals surface area contributed by atoms with E-state index < -0.39 is 0 Å². The SMILES string of the molecule is CSC(N(C)C)N(C)C. The molecule has 0 aromatic carbocycles. The number of hydrogen-bond donors (Lipinski definition) is 0. The third kappa shape index (κ3) is 3.08. The lowest BCUT2D eigenvalue weighted by Gasteiger charge is -2.28. The molecule has 0 bridgehead atoms. The molecular weight excluding hydrogens is 132 g/mol. The van der Waals surface area contributed by atoms with Crippen LogP contribution < -0.4 is 0 Å². The van der Waals surface area contributed by atoms with Crippen LogP contribution >= 0.6 is 11.8 Å². The summed E-state index contributed by atoms with van der Waals surface area (Å²) in [5.74, 6) is 0. The summed E-state index contributed by atoms with van der Waals surface area (Å²) in [7, 11) is 8.34. The molecule has 0 saturated carbocycles. The molecule has 0 amide bonds.